The number of fused-ring (bicyclic) bond motifs is 2. The number of aryl methyl sites for hydroxylation is 1. The van der Waals surface area contributed by atoms with Gasteiger partial charge in [0, 0.05) is 43.4 Å². The fourth-order valence-corrected chi connectivity index (χ4v) is 4.70. The Kier molecular flexibility index (Phi) is 5.39. The first-order valence-corrected chi connectivity index (χ1v) is 11.0. The van der Waals surface area contributed by atoms with Crippen molar-refractivity contribution in [1.29, 1.82) is 0 Å². The summed E-state index contributed by atoms with van der Waals surface area (Å²) in [4.78, 5) is 20.1. The molecule has 0 unspecified atom stereocenters. The summed E-state index contributed by atoms with van der Waals surface area (Å²) in [6, 6.07) is 20.5. The highest BCUT2D eigenvalue weighted by Crippen LogP contribution is 2.35. The summed E-state index contributed by atoms with van der Waals surface area (Å²) in [5.74, 6) is 0.780. The summed E-state index contributed by atoms with van der Waals surface area (Å²) >= 11 is 0. The van der Waals surface area contributed by atoms with E-state index in [1.807, 2.05) is 41.6 Å². The lowest BCUT2D eigenvalue weighted by molar-refractivity contribution is -0.132. The van der Waals surface area contributed by atoms with Crippen LogP contribution >= 0.6 is 0 Å². The number of imidazole rings is 1. The van der Waals surface area contributed by atoms with Gasteiger partial charge in [0.05, 0.1) is 12.8 Å². The minimum absolute atomic E-state index is 0.150. The average molecular weight is 426 g/mol. The van der Waals surface area contributed by atoms with Crippen LogP contribution in [-0.4, -0.2) is 33.8 Å². The van der Waals surface area contributed by atoms with E-state index in [9.17, 15) is 4.79 Å². The van der Waals surface area contributed by atoms with E-state index in [1.165, 1.54) is 11.1 Å². The van der Waals surface area contributed by atoms with Gasteiger partial charge in [0.1, 0.15) is 11.4 Å². The van der Waals surface area contributed by atoms with Crippen molar-refractivity contribution in [3.05, 3.63) is 101 Å². The molecule has 32 heavy (non-hydrogen) atoms. The van der Waals surface area contributed by atoms with Gasteiger partial charge in [-0.1, -0.05) is 42.5 Å². The lowest BCUT2D eigenvalue weighted by Gasteiger charge is -2.30. The molecule has 4 aromatic rings. The number of methoxy groups -OCH3 is 1. The first-order valence-electron chi connectivity index (χ1n) is 11.0. The fraction of sp³-hybridized carbons (Fsp3) is 0.259. The molecule has 0 fully saturated rings. The minimum atomic E-state index is -0.159. The number of aromatic nitrogens is 2. The van der Waals surface area contributed by atoms with Crippen LogP contribution in [0.15, 0.2) is 73.1 Å². The normalized spacial score (nSPS) is 14.2. The SMILES string of the molecule is COc1ccccc1[C@H](CC(=O)N1CCc2ccccc2C1)c1cnc2cc(C)ccn12. The van der Waals surface area contributed by atoms with Crippen LogP contribution in [0.4, 0.5) is 0 Å². The summed E-state index contributed by atoms with van der Waals surface area (Å²) in [5.41, 5.74) is 6.63. The van der Waals surface area contributed by atoms with Crippen molar-refractivity contribution >= 4 is 11.6 Å². The molecule has 5 nitrogen and oxygen atoms in total. The molecule has 1 atom stereocenters. The Morgan fingerprint density at radius 1 is 1.09 bits per heavy atom. The van der Waals surface area contributed by atoms with Gasteiger partial charge in [-0.3, -0.25) is 4.79 Å². The number of hydrogen-bond acceptors (Lipinski definition) is 3. The molecule has 1 aliphatic rings. The zero-order chi connectivity index (χ0) is 22.1. The Bertz CT molecular complexity index is 1280. The number of ether oxygens (including phenoxy) is 1. The predicted octanol–water partition coefficient (Wildman–Crippen LogP) is 4.76. The molecule has 2 aromatic heterocycles. The van der Waals surface area contributed by atoms with Gasteiger partial charge in [-0.05, 0) is 48.2 Å². The van der Waals surface area contributed by atoms with Crippen LogP contribution in [0.25, 0.3) is 5.65 Å². The third-order valence-corrected chi connectivity index (χ3v) is 6.43. The van der Waals surface area contributed by atoms with Crippen molar-refractivity contribution in [3.63, 3.8) is 0 Å². The highest BCUT2D eigenvalue weighted by molar-refractivity contribution is 5.78. The van der Waals surface area contributed by atoms with E-state index in [0.717, 1.165) is 41.2 Å². The number of amides is 1. The lowest BCUT2D eigenvalue weighted by atomic mass is 9.90. The second-order valence-electron chi connectivity index (χ2n) is 8.45. The van der Waals surface area contributed by atoms with E-state index in [0.29, 0.717) is 13.0 Å². The van der Waals surface area contributed by atoms with Gasteiger partial charge >= 0.3 is 0 Å². The zero-order valence-electron chi connectivity index (χ0n) is 18.5. The Hall–Kier alpha value is -3.60. The van der Waals surface area contributed by atoms with Crippen molar-refractivity contribution < 1.29 is 9.53 Å². The van der Waals surface area contributed by atoms with E-state index >= 15 is 0 Å². The van der Waals surface area contributed by atoms with Gasteiger partial charge in [-0.15, -0.1) is 0 Å². The summed E-state index contributed by atoms with van der Waals surface area (Å²) in [6.45, 7) is 3.48. The third kappa shape index (κ3) is 3.75. The maximum absolute atomic E-state index is 13.5. The number of pyridine rings is 1. The van der Waals surface area contributed by atoms with Crippen molar-refractivity contribution in [3.8, 4) is 5.75 Å². The molecule has 0 radical (unpaired) electrons. The number of nitrogens with zero attached hydrogens (tertiary/aromatic N) is 3. The van der Waals surface area contributed by atoms with Crippen molar-refractivity contribution in [2.75, 3.05) is 13.7 Å². The van der Waals surface area contributed by atoms with E-state index in [4.69, 9.17) is 4.74 Å². The van der Waals surface area contributed by atoms with Crippen LogP contribution in [0.2, 0.25) is 0 Å². The number of carbonyl (C=O) groups is 1. The van der Waals surface area contributed by atoms with Crippen LogP contribution in [0.1, 0.15) is 40.3 Å². The molecule has 0 aliphatic carbocycles. The first-order chi connectivity index (χ1) is 15.6. The molecule has 0 N–H and O–H groups in total. The summed E-state index contributed by atoms with van der Waals surface area (Å²) in [6.07, 6.45) is 5.20. The molecule has 3 heterocycles. The minimum Gasteiger partial charge on any atom is -0.496 e. The molecule has 0 spiro atoms. The van der Waals surface area contributed by atoms with Crippen molar-refractivity contribution in [2.45, 2.75) is 32.2 Å². The van der Waals surface area contributed by atoms with Gasteiger partial charge in [-0.25, -0.2) is 4.98 Å². The molecular weight excluding hydrogens is 398 g/mol. The highest BCUT2D eigenvalue weighted by atomic mass is 16.5. The molecule has 1 aliphatic heterocycles. The molecule has 0 saturated carbocycles. The van der Waals surface area contributed by atoms with E-state index in [1.54, 1.807) is 7.11 Å². The van der Waals surface area contributed by atoms with Crippen LogP contribution in [0.5, 0.6) is 5.75 Å². The first kappa shape index (κ1) is 20.3. The quantitative estimate of drug-likeness (QED) is 0.463. The Morgan fingerprint density at radius 3 is 2.72 bits per heavy atom. The summed E-state index contributed by atoms with van der Waals surface area (Å²) in [5, 5.41) is 0. The second-order valence-corrected chi connectivity index (χ2v) is 8.45. The summed E-state index contributed by atoms with van der Waals surface area (Å²) < 4.78 is 7.76. The fourth-order valence-electron chi connectivity index (χ4n) is 4.70. The largest absolute Gasteiger partial charge is 0.496 e. The second kappa shape index (κ2) is 8.50. The standard InChI is InChI=1S/C27H27N3O2/c1-19-11-14-30-24(17-28-26(30)15-19)23(22-9-5-6-10-25(22)32-2)16-27(31)29-13-12-20-7-3-4-8-21(20)18-29/h3-11,14-15,17,23H,12-13,16,18H2,1-2H3/t23-/m0/s1. The van der Waals surface area contributed by atoms with Gasteiger partial charge in [0.2, 0.25) is 5.91 Å². The molecule has 5 heteroatoms. The van der Waals surface area contributed by atoms with Gasteiger partial charge in [-0.2, -0.15) is 0 Å². The van der Waals surface area contributed by atoms with E-state index < -0.39 is 0 Å². The van der Waals surface area contributed by atoms with Crippen LogP contribution in [0, 0.1) is 6.92 Å². The average Bonchev–Trinajstić information content (AvgIpc) is 3.24. The number of para-hydroxylation sites is 1. The van der Waals surface area contributed by atoms with E-state index in [-0.39, 0.29) is 11.8 Å². The van der Waals surface area contributed by atoms with E-state index in [2.05, 4.69) is 52.7 Å². The monoisotopic (exact) mass is 425 g/mol. The van der Waals surface area contributed by atoms with Gasteiger partial charge in [0.15, 0.2) is 0 Å². The lowest BCUT2D eigenvalue weighted by Crippen LogP contribution is -2.36. The topological polar surface area (TPSA) is 46.8 Å². The smallest absolute Gasteiger partial charge is 0.223 e. The molecule has 5 rings (SSSR count). The summed E-state index contributed by atoms with van der Waals surface area (Å²) in [7, 11) is 1.68. The van der Waals surface area contributed by atoms with Crippen molar-refractivity contribution in [1.82, 2.24) is 14.3 Å². The number of benzene rings is 2. The molecule has 0 bridgehead atoms. The molecule has 1 amide bonds. The van der Waals surface area contributed by atoms with Gasteiger partial charge in [0.25, 0.3) is 0 Å². The zero-order valence-corrected chi connectivity index (χ0v) is 18.5. The van der Waals surface area contributed by atoms with Gasteiger partial charge < -0.3 is 14.0 Å². The maximum atomic E-state index is 13.5. The van der Waals surface area contributed by atoms with Crippen LogP contribution < -0.4 is 4.74 Å². The van der Waals surface area contributed by atoms with Crippen molar-refractivity contribution in [2.24, 2.45) is 0 Å². The molecular formula is C27H27N3O2. The Morgan fingerprint density at radius 2 is 1.88 bits per heavy atom. The third-order valence-electron chi connectivity index (χ3n) is 6.43. The van der Waals surface area contributed by atoms with Crippen LogP contribution in [-0.2, 0) is 17.8 Å². The maximum Gasteiger partial charge on any atom is 0.223 e. The molecule has 162 valence electrons. The number of carbonyl (C=O) groups excluding carboxylic acids is 1. The van der Waals surface area contributed by atoms with Crippen LogP contribution in [0.3, 0.4) is 0 Å². The Labute approximate surface area is 188 Å². The highest BCUT2D eigenvalue weighted by Gasteiger charge is 2.28. The predicted molar refractivity (Wildman–Crippen MR) is 125 cm³/mol. The molecule has 0 saturated heterocycles. The number of hydrogen-bond donors (Lipinski definition) is 0. The number of rotatable bonds is 5. The molecule has 2 aromatic carbocycles. The Balaban J connectivity index is 1.51.